The van der Waals surface area contributed by atoms with E-state index in [-0.39, 0.29) is 10.8 Å². The first-order valence-corrected chi connectivity index (χ1v) is 12.4. The second-order valence-electron chi connectivity index (χ2n) is 8.47. The molecule has 1 saturated heterocycles. The molecule has 8 heteroatoms. The maximum Gasteiger partial charge on any atom is 0.264 e. The number of carbonyl (C=O) groups excluding carboxylic acids is 1. The molecule has 0 unspecified atom stereocenters. The van der Waals surface area contributed by atoms with E-state index in [9.17, 15) is 13.2 Å². The monoisotopic (exact) mass is 452 g/mol. The second-order valence-corrected chi connectivity index (χ2v) is 10.1. The highest BCUT2D eigenvalue weighted by Crippen LogP contribution is 2.29. The molecule has 32 heavy (non-hydrogen) atoms. The van der Waals surface area contributed by atoms with Crippen molar-refractivity contribution in [1.29, 1.82) is 0 Å². The normalized spacial score (nSPS) is 14.2. The Morgan fingerprint density at radius 3 is 2.59 bits per heavy atom. The average Bonchev–Trinajstić information content (AvgIpc) is 3.31. The lowest BCUT2D eigenvalue weighted by Crippen LogP contribution is -2.30. The molecule has 0 saturated carbocycles. The number of amides is 1. The van der Waals surface area contributed by atoms with E-state index in [4.69, 9.17) is 0 Å². The minimum Gasteiger partial charge on any atom is -0.371 e. The maximum absolute atomic E-state index is 13.2. The molecule has 0 spiro atoms. The van der Waals surface area contributed by atoms with Crippen LogP contribution in [0.5, 0.6) is 0 Å². The summed E-state index contributed by atoms with van der Waals surface area (Å²) in [5.74, 6) is 0.114. The summed E-state index contributed by atoms with van der Waals surface area (Å²) in [5, 5.41) is 3.70. The predicted molar refractivity (Wildman–Crippen MR) is 128 cm³/mol. The molecule has 1 aliphatic rings. The van der Waals surface area contributed by atoms with Crippen molar-refractivity contribution < 1.29 is 13.2 Å². The number of hydrogen-bond donors (Lipinski definition) is 2. The van der Waals surface area contributed by atoms with Crippen molar-refractivity contribution in [2.24, 2.45) is 5.92 Å². The number of pyridine rings is 1. The van der Waals surface area contributed by atoms with E-state index in [1.807, 2.05) is 32.0 Å². The number of carbonyl (C=O) groups is 1. The van der Waals surface area contributed by atoms with Gasteiger partial charge in [0, 0.05) is 42.6 Å². The fraction of sp³-hybridized carbons (Fsp3) is 0.333. The largest absolute Gasteiger partial charge is 0.371 e. The van der Waals surface area contributed by atoms with Gasteiger partial charge in [0.15, 0.2) is 0 Å². The molecule has 1 aromatic heterocycles. The Bertz CT molecular complexity index is 1230. The lowest BCUT2D eigenvalue weighted by molar-refractivity contribution is 0.0949. The van der Waals surface area contributed by atoms with E-state index in [2.05, 4.69) is 19.9 Å². The third-order valence-corrected chi connectivity index (χ3v) is 6.91. The smallest absolute Gasteiger partial charge is 0.264 e. The van der Waals surface area contributed by atoms with Crippen molar-refractivity contribution >= 4 is 38.2 Å². The Kier molecular flexibility index (Phi) is 6.32. The molecule has 0 radical (unpaired) electrons. The molecule has 2 aromatic carbocycles. The average molecular weight is 453 g/mol. The van der Waals surface area contributed by atoms with Crippen molar-refractivity contribution in [3.63, 3.8) is 0 Å². The van der Waals surface area contributed by atoms with Crippen LogP contribution in [0.1, 0.15) is 37.0 Å². The van der Waals surface area contributed by atoms with Gasteiger partial charge in [0.25, 0.3) is 15.9 Å². The SMILES string of the molecule is CC(C)CNC(=O)c1cc(NS(=O)(=O)c2cccc3cccnc23)ccc1N1CCCC1. The van der Waals surface area contributed by atoms with E-state index in [0.717, 1.165) is 37.0 Å². The lowest BCUT2D eigenvalue weighted by Gasteiger charge is -2.22. The van der Waals surface area contributed by atoms with E-state index >= 15 is 0 Å². The quantitative estimate of drug-likeness (QED) is 0.565. The second kappa shape index (κ2) is 9.16. The zero-order chi connectivity index (χ0) is 22.7. The minimum atomic E-state index is -3.90. The summed E-state index contributed by atoms with van der Waals surface area (Å²) in [6, 6.07) is 13.8. The molecule has 1 aliphatic heterocycles. The van der Waals surface area contributed by atoms with Crippen LogP contribution in [-0.2, 0) is 10.0 Å². The van der Waals surface area contributed by atoms with E-state index in [0.29, 0.717) is 29.2 Å². The number of para-hydroxylation sites is 1. The molecule has 168 valence electrons. The number of nitrogens with zero attached hydrogens (tertiary/aromatic N) is 2. The topological polar surface area (TPSA) is 91.4 Å². The predicted octanol–water partition coefficient (Wildman–Crippen LogP) is 4.02. The van der Waals surface area contributed by atoms with Gasteiger partial charge in [-0.1, -0.05) is 32.0 Å². The van der Waals surface area contributed by atoms with Crippen LogP contribution in [0.4, 0.5) is 11.4 Å². The van der Waals surface area contributed by atoms with Crippen LogP contribution in [0.2, 0.25) is 0 Å². The summed E-state index contributed by atoms with van der Waals surface area (Å²) in [5.41, 5.74) is 2.06. The molecular formula is C24H28N4O3S. The number of fused-ring (bicyclic) bond motifs is 1. The molecular weight excluding hydrogens is 424 g/mol. The Labute approximate surface area is 188 Å². The van der Waals surface area contributed by atoms with Gasteiger partial charge in [-0.2, -0.15) is 0 Å². The highest BCUT2D eigenvalue weighted by atomic mass is 32.2. The lowest BCUT2D eigenvalue weighted by atomic mass is 10.1. The standard InChI is InChI=1S/C24H28N4O3S/c1-17(2)16-26-24(29)20-15-19(10-11-21(20)28-13-3-4-14-28)27-32(30,31)22-9-5-7-18-8-6-12-25-23(18)22/h5-12,15,17,27H,3-4,13-14,16H2,1-2H3,(H,26,29). The molecule has 2 N–H and O–H groups in total. The fourth-order valence-corrected chi connectivity index (χ4v) is 5.14. The molecule has 7 nitrogen and oxygen atoms in total. The van der Waals surface area contributed by atoms with Crippen LogP contribution in [0.15, 0.2) is 59.6 Å². The fourth-order valence-electron chi connectivity index (χ4n) is 3.91. The number of nitrogens with one attached hydrogen (secondary N) is 2. The third-order valence-electron chi connectivity index (χ3n) is 5.50. The van der Waals surface area contributed by atoms with Crippen molar-refractivity contribution in [3.8, 4) is 0 Å². The number of sulfonamides is 1. The van der Waals surface area contributed by atoms with E-state index in [1.165, 1.54) is 6.07 Å². The van der Waals surface area contributed by atoms with Gasteiger partial charge in [0.2, 0.25) is 0 Å². The van der Waals surface area contributed by atoms with Crippen LogP contribution in [0, 0.1) is 5.92 Å². The summed E-state index contributed by atoms with van der Waals surface area (Å²) >= 11 is 0. The minimum absolute atomic E-state index is 0.102. The van der Waals surface area contributed by atoms with Gasteiger partial charge >= 0.3 is 0 Å². The molecule has 0 bridgehead atoms. The first-order valence-electron chi connectivity index (χ1n) is 10.9. The van der Waals surface area contributed by atoms with Crippen LogP contribution >= 0.6 is 0 Å². The molecule has 0 atom stereocenters. The Hall–Kier alpha value is -3.13. The number of benzene rings is 2. The highest BCUT2D eigenvalue weighted by molar-refractivity contribution is 7.93. The molecule has 0 aliphatic carbocycles. The van der Waals surface area contributed by atoms with Crippen molar-refractivity contribution in [2.75, 3.05) is 29.3 Å². The third kappa shape index (κ3) is 4.70. The van der Waals surface area contributed by atoms with Gasteiger partial charge in [-0.25, -0.2) is 8.42 Å². The zero-order valence-corrected chi connectivity index (χ0v) is 19.2. The molecule has 4 rings (SSSR count). The first kappa shape index (κ1) is 22.1. The zero-order valence-electron chi connectivity index (χ0n) is 18.3. The summed E-state index contributed by atoms with van der Waals surface area (Å²) in [6.07, 6.45) is 3.73. The highest BCUT2D eigenvalue weighted by Gasteiger charge is 2.23. The molecule has 1 amide bonds. The van der Waals surface area contributed by atoms with Crippen molar-refractivity contribution in [3.05, 3.63) is 60.3 Å². The number of anilines is 2. The van der Waals surface area contributed by atoms with Gasteiger partial charge in [0.05, 0.1) is 11.1 Å². The van der Waals surface area contributed by atoms with Gasteiger partial charge in [-0.3, -0.25) is 14.5 Å². The van der Waals surface area contributed by atoms with Gasteiger partial charge < -0.3 is 10.2 Å². The van der Waals surface area contributed by atoms with Gasteiger partial charge in [0.1, 0.15) is 4.90 Å². The van der Waals surface area contributed by atoms with Gasteiger partial charge in [-0.05, 0) is 49.1 Å². The van der Waals surface area contributed by atoms with Gasteiger partial charge in [-0.15, -0.1) is 0 Å². The Morgan fingerprint density at radius 1 is 1.09 bits per heavy atom. The number of hydrogen-bond acceptors (Lipinski definition) is 5. The van der Waals surface area contributed by atoms with Crippen LogP contribution < -0.4 is 14.9 Å². The van der Waals surface area contributed by atoms with Crippen LogP contribution in [0.25, 0.3) is 10.9 Å². The van der Waals surface area contributed by atoms with Crippen molar-refractivity contribution in [1.82, 2.24) is 10.3 Å². The molecule has 2 heterocycles. The summed E-state index contributed by atoms with van der Waals surface area (Å²) in [6.45, 7) is 6.39. The van der Waals surface area contributed by atoms with E-state index in [1.54, 1.807) is 30.5 Å². The number of aromatic nitrogens is 1. The summed E-state index contributed by atoms with van der Waals surface area (Å²) in [4.78, 5) is 19.5. The first-order chi connectivity index (χ1) is 15.3. The summed E-state index contributed by atoms with van der Waals surface area (Å²) in [7, 11) is -3.90. The number of rotatable bonds is 7. The molecule has 3 aromatic rings. The Balaban J connectivity index is 1.68. The Morgan fingerprint density at radius 2 is 1.84 bits per heavy atom. The summed E-state index contributed by atoms with van der Waals surface area (Å²) < 4.78 is 29.0. The van der Waals surface area contributed by atoms with E-state index < -0.39 is 10.0 Å². The van der Waals surface area contributed by atoms with Crippen molar-refractivity contribution in [2.45, 2.75) is 31.6 Å². The maximum atomic E-state index is 13.2. The molecule has 1 fully saturated rings. The van der Waals surface area contributed by atoms with Crippen LogP contribution in [0.3, 0.4) is 0 Å². The van der Waals surface area contributed by atoms with Crippen LogP contribution in [-0.4, -0.2) is 38.9 Å².